The Bertz CT molecular complexity index is 361. The zero-order chi connectivity index (χ0) is 10.9. The van der Waals surface area contributed by atoms with Gasteiger partial charge in [-0.1, -0.05) is 13.8 Å². The first-order chi connectivity index (χ1) is 7.19. The van der Waals surface area contributed by atoms with Crippen molar-refractivity contribution in [3.63, 3.8) is 0 Å². The molecule has 1 aliphatic rings. The van der Waals surface area contributed by atoms with Gasteiger partial charge in [0.05, 0.1) is 12.2 Å². The van der Waals surface area contributed by atoms with Crippen LogP contribution >= 0.6 is 0 Å². The maximum absolute atomic E-state index is 13.0. The van der Waals surface area contributed by atoms with Gasteiger partial charge in [-0.15, -0.1) is 0 Å². The van der Waals surface area contributed by atoms with Crippen LogP contribution in [0.3, 0.4) is 0 Å². The minimum absolute atomic E-state index is 0.134. The molecule has 2 rings (SSSR count). The van der Waals surface area contributed by atoms with Gasteiger partial charge in [0, 0.05) is 6.07 Å². The highest BCUT2D eigenvalue weighted by atomic mass is 19.1. The molecule has 1 aromatic rings. The number of nitrogens with one attached hydrogen (secondary N) is 1. The van der Waals surface area contributed by atoms with Crippen LogP contribution in [0.1, 0.15) is 26.7 Å². The minimum atomic E-state index is -0.231. The molecule has 0 unspecified atom stereocenters. The molecule has 0 amide bonds. The smallest absolute Gasteiger partial charge is 0.143 e. The van der Waals surface area contributed by atoms with Crippen molar-refractivity contribution in [2.24, 2.45) is 0 Å². The quantitative estimate of drug-likeness (QED) is 0.807. The number of halogens is 1. The summed E-state index contributed by atoms with van der Waals surface area (Å²) in [7, 11) is 0. The Hall–Kier alpha value is -1.25. The number of anilines is 1. The Labute approximate surface area is 89.4 Å². The molecule has 0 spiro atoms. The molecule has 0 aromatic heterocycles. The SMILES string of the molecule is CCC1(CC)CNc2cc(F)ccc2O1. The highest BCUT2D eigenvalue weighted by Crippen LogP contribution is 2.36. The molecule has 0 saturated carbocycles. The van der Waals surface area contributed by atoms with Gasteiger partial charge in [-0.05, 0) is 25.0 Å². The Morgan fingerprint density at radius 2 is 2.13 bits per heavy atom. The lowest BCUT2D eigenvalue weighted by molar-refractivity contribution is 0.0669. The lowest BCUT2D eigenvalue weighted by atomic mass is 9.95. The van der Waals surface area contributed by atoms with E-state index in [9.17, 15) is 4.39 Å². The normalized spacial score (nSPS) is 17.5. The third kappa shape index (κ3) is 1.78. The van der Waals surface area contributed by atoms with E-state index in [1.807, 2.05) is 0 Å². The van der Waals surface area contributed by atoms with E-state index in [2.05, 4.69) is 19.2 Å². The van der Waals surface area contributed by atoms with Crippen LogP contribution in [0.4, 0.5) is 10.1 Å². The maximum Gasteiger partial charge on any atom is 0.143 e. The molecular formula is C12H16FNO. The second-order valence-electron chi connectivity index (χ2n) is 3.99. The zero-order valence-electron chi connectivity index (χ0n) is 9.14. The first-order valence-corrected chi connectivity index (χ1v) is 5.41. The molecule has 0 radical (unpaired) electrons. The molecule has 1 N–H and O–H groups in total. The van der Waals surface area contributed by atoms with Gasteiger partial charge in [-0.25, -0.2) is 4.39 Å². The Kier molecular flexibility index (Phi) is 2.55. The molecule has 3 heteroatoms. The van der Waals surface area contributed by atoms with E-state index in [1.165, 1.54) is 12.1 Å². The van der Waals surface area contributed by atoms with Crippen molar-refractivity contribution < 1.29 is 9.13 Å². The lowest BCUT2D eigenvalue weighted by Crippen LogP contribution is -2.44. The average molecular weight is 209 g/mol. The van der Waals surface area contributed by atoms with E-state index in [1.54, 1.807) is 6.07 Å². The van der Waals surface area contributed by atoms with Gasteiger partial charge in [0.25, 0.3) is 0 Å². The summed E-state index contributed by atoms with van der Waals surface area (Å²) in [5, 5.41) is 3.23. The molecule has 0 aliphatic carbocycles. The predicted molar refractivity (Wildman–Crippen MR) is 58.8 cm³/mol. The van der Waals surface area contributed by atoms with Gasteiger partial charge in [0.1, 0.15) is 17.2 Å². The van der Waals surface area contributed by atoms with Crippen molar-refractivity contribution in [3.05, 3.63) is 24.0 Å². The molecule has 0 bridgehead atoms. The number of benzene rings is 1. The Morgan fingerprint density at radius 3 is 2.80 bits per heavy atom. The second-order valence-corrected chi connectivity index (χ2v) is 3.99. The lowest BCUT2D eigenvalue weighted by Gasteiger charge is -2.38. The zero-order valence-corrected chi connectivity index (χ0v) is 9.14. The van der Waals surface area contributed by atoms with Crippen LogP contribution in [-0.4, -0.2) is 12.1 Å². The fraction of sp³-hybridized carbons (Fsp3) is 0.500. The maximum atomic E-state index is 13.0. The van der Waals surface area contributed by atoms with Gasteiger partial charge in [0.15, 0.2) is 0 Å². The fourth-order valence-corrected chi connectivity index (χ4v) is 1.90. The molecule has 0 saturated heterocycles. The standard InChI is InChI=1S/C12H16FNO/c1-3-12(4-2)8-14-10-7-9(13)5-6-11(10)15-12/h5-7,14H,3-4,8H2,1-2H3. The van der Waals surface area contributed by atoms with E-state index in [0.717, 1.165) is 30.8 Å². The first kappa shape index (κ1) is 10.3. The molecule has 1 aliphatic heterocycles. The van der Waals surface area contributed by atoms with Crippen molar-refractivity contribution in [3.8, 4) is 5.75 Å². The van der Waals surface area contributed by atoms with Crippen molar-refractivity contribution in [2.45, 2.75) is 32.3 Å². The van der Waals surface area contributed by atoms with E-state index in [0.29, 0.717) is 0 Å². The van der Waals surface area contributed by atoms with Crippen molar-refractivity contribution in [1.82, 2.24) is 0 Å². The number of hydrogen-bond donors (Lipinski definition) is 1. The number of hydrogen-bond acceptors (Lipinski definition) is 2. The van der Waals surface area contributed by atoms with Crippen molar-refractivity contribution >= 4 is 5.69 Å². The van der Waals surface area contributed by atoms with Crippen LogP contribution in [0.5, 0.6) is 5.75 Å². The van der Waals surface area contributed by atoms with Crippen LogP contribution < -0.4 is 10.1 Å². The summed E-state index contributed by atoms with van der Waals surface area (Å²) in [4.78, 5) is 0. The van der Waals surface area contributed by atoms with Gasteiger partial charge >= 0.3 is 0 Å². The van der Waals surface area contributed by atoms with Crippen LogP contribution in [-0.2, 0) is 0 Å². The summed E-state index contributed by atoms with van der Waals surface area (Å²) < 4.78 is 18.9. The van der Waals surface area contributed by atoms with Gasteiger partial charge < -0.3 is 10.1 Å². The van der Waals surface area contributed by atoms with Crippen molar-refractivity contribution in [2.75, 3.05) is 11.9 Å². The summed E-state index contributed by atoms with van der Waals surface area (Å²) in [5.74, 6) is 0.525. The van der Waals surface area contributed by atoms with E-state index in [-0.39, 0.29) is 11.4 Å². The average Bonchev–Trinajstić information content (AvgIpc) is 2.28. The summed E-state index contributed by atoms with van der Waals surface area (Å²) in [6.07, 6.45) is 1.90. The molecular weight excluding hydrogens is 193 g/mol. The van der Waals surface area contributed by atoms with E-state index < -0.39 is 0 Å². The topological polar surface area (TPSA) is 21.3 Å². The predicted octanol–water partition coefficient (Wildman–Crippen LogP) is 3.19. The molecule has 0 fully saturated rings. The van der Waals surface area contributed by atoms with Crippen LogP contribution in [0, 0.1) is 5.82 Å². The summed E-state index contributed by atoms with van der Waals surface area (Å²) in [5.41, 5.74) is 0.623. The summed E-state index contributed by atoms with van der Waals surface area (Å²) >= 11 is 0. The van der Waals surface area contributed by atoms with Gasteiger partial charge in [-0.3, -0.25) is 0 Å². The number of fused-ring (bicyclic) bond motifs is 1. The van der Waals surface area contributed by atoms with Crippen molar-refractivity contribution in [1.29, 1.82) is 0 Å². The van der Waals surface area contributed by atoms with E-state index in [4.69, 9.17) is 4.74 Å². The molecule has 1 aromatic carbocycles. The first-order valence-electron chi connectivity index (χ1n) is 5.41. The Balaban J connectivity index is 2.30. The molecule has 15 heavy (non-hydrogen) atoms. The summed E-state index contributed by atoms with van der Waals surface area (Å²) in [6, 6.07) is 4.60. The van der Waals surface area contributed by atoms with Crippen LogP contribution in [0.25, 0.3) is 0 Å². The molecule has 0 atom stereocenters. The fourth-order valence-electron chi connectivity index (χ4n) is 1.90. The van der Waals surface area contributed by atoms with Crippen LogP contribution in [0.2, 0.25) is 0 Å². The third-order valence-electron chi connectivity index (χ3n) is 3.16. The van der Waals surface area contributed by atoms with Gasteiger partial charge in [-0.2, -0.15) is 0 Å². The summed E-state index contributed by atoms with van der Waals surface area (Å²) in [6.45, 7) is 4.97. The monoisotopic (exact) mass is 209 g/mol. The Morgan fingerprint density at radius 1 is 1.40 bits per heavy atom. The highest BCUT2D eigenvalue weighted by Gasteiger charge is 2.32. The van der Waals surface area contributed by atoms with Gasteiger partial charge in [0.2, 0.25) is 0 Å². The highest BCUT2D eigenvalue weighted by molar-refractivity contribution is 5.58. The molecule has 1 heterocycles. The largest absolute Gasteiger partial charge is 0.483 e. The minimum Gasteiger partial charge on any atom is -0.483 e. The third-order valence-corrected chi connectivity index (χ3v) is 3.16. The number of ether oxygens (including phenoxy) is 1. The van der Waals surface area contributed by atoms with E-state index >= 15 is 0 Å². The molecule has 82 valence electrons. The number of rotatable bonds is 2. The second kappa shape index (κ2) is 3.72. The molecule has 2 nitrogen and oxygen atoms in total. The van der Waals surface area contributed by atoms with Crippen LogP contribution in [0.15, 0.2) is 18.2 Å².